The van der Waals surface area contributed by atoms with Crippen LogP contribution in [0.3, 0.4) is 0 Å². The molecule has 0 aromatic heterocycles. The highest BCUT2D eigenvalue weighted by Gasteiger charge is 2.46. The molecule has 2 aliphatic heterocycles. The normalized spacial score (nSPS) is 30.6. The number of hydrogen-bond donors (Lipinski definition) is 2. The van der Waals surface area contributed by atoms with Gasteiger partial charge in [0, 0.05) is 12.8 Å². The largest absolute Gasteiger partial charge is 0.337 e. The Morgan fingerprint density at radius 1 is 1.14 bits per heavy atom. The molecule has 2 saturated heterocycles. The lowest BCUT2D eigenvalue weighted by atomic mass is 10.0. The summed E-state index contributed by atoms with van der Waals surface area (Å²) in [5, 5.41) is 0. The molecule has 5 heteroatoms. The van der Waals surface area contributed by atoms with E-state index in [4.69, 9.17) is 0 Å². The lowest BCUT2D eigenvalue weighted by molar-refractivity contribution is -0.948. The van der Waals surface area contributed by atoms with Gasteiger partial charge in [-0.1, -0.05) is 18.2 Å². The van der Waals surface area contributed by atoms with Crippen LogP contribution in [-0.2, 0) is 9.59 Å². The summed E-state index contributed by atoms with van der Waals surface area (Å²) in [6, 6.07) is 9.53. The van der Waals surface area contributed by atoms with E-state index >= 15 is 0 Å². The van der Waals surface area contributed by atoms with E-state index in [1.54, 1.807) is 4.90 Å². The monoisotopic (exact) mass is 303 g/mol. The second kappa shape index (κ2) is 6.18. The molecule has 3 rings (SSSR count). The number of carbonyl (C=O) groups is 2. The SMILES string of the molecule is C[NH+]1CCC([NH+](C)[C@H]2CC(=O)N(c3ccccc3)C2=O)CC1. The Hall–Kier alpha value is -1.72. The molecule has 22 heavy (non-hydrogen) atoms. The fourth-order valence-corrected chi connectivity index (χ4v) is 3.69. The van der Waals surface area contributed by atoms with E-state index in [0.29, 0.717) is 18.2 Å². The van der Waals surface area contributed by atoms with Gasteiger partial charge in [0.2, 0.25) is 5.91 Å². The highest BCUT2D eigenvalue weighted by atomic mass is 16.2. The van der Waals surface area contributed by atoms with Crippen LogP contribution in [0.4, 0.5) is 5.69 Å². The first-order chi connectivity index (χ1) is 10.6. The van der Waals surface area contributed by atoms with Crippen LogP contribution in [0.1, 0.15) is 19.3 Å². The number of anilines is 1. The smallest absolute Gasteiger partial charge is 0.292 e. The molecule has 2 amide bonds. The Bertz CT molecular complexity index is 552. The van der Waals surface area contributed by atoms with E-state index in [9.17, 15) is 9.59 Å². The number of nitrogens with zero attached hydrogens (tertiary/aromatic N) is 1. The number of likely N-dealkylation sites (tertiary alicyclic amines) is 1. The fraction of sp³-hybridized carbons (Fsp3) is 0.529. The summed E-state index contributed by atoms with van der Waals surface area (Å²) in [6.07, 6.45) is 2.58. The maximum absolute atomic E-state index is 12.7. The van der Waals surface area contributed by atoms with E-state index < -0.39 is 0 Å². The molecule has 2 atom stereocenters. The maximum Gasteiger partial charge on any atom is 0.292 e. The zero-order chi connectivity index (χ0) is 15.7. The number of benzene rings is 1. The van der Waals surface area contributed by atoms with E-state index in [1.807, 2.05) is 30.3 Å². The van der Waals surface area contributed by atoms with Crippen molar-refractivity contribution in [3.63, 3.8) is 0 Å². The molecular weight excluding hydrogens is 278 g/mol. The Morgan fingerprint density at radius 3 is 2.41 bits per heavy atom. The molecule has 0 radical (unpaired) electrons. The summed E-state index contributed by atoms with van der Waals surface area (Å²) in [5.74, 6) is -0.112. The van der Waals surface area contributed by atoms with E-state index in [0.717, 1.165) is 25.9 Å². The molecule has 2 heterocycles. The average molecular weight is 303 g/mol. The number of piperidine rings is 1. The number of amides is 2. The van der Waals surface area contributed by atoms with Crippen LogP contribution in [-0.4, -0.2) is 51.1 Å². The second-order valence-corrected chi connectivity index (χ2v) is 6.64. The van der Waals surface area contributed by atoms with Crippen LogP contribution < -0.4 is 14.7 Å². The summed E-state index contributed by atoms with van der Waals surface area (Å²) in [4.78, 5) is 29.2. The lowest BCUT2D eigenvalue weighted by Crippen LogP contribution is -3.21. The number of quaternary nitrogens is 2. The van der Waals surface area contributed by atoms with Crippen molar-refractivity contribution in [1.29, 1.82) is 0 Å². The molecule has 1 unspecified atom stereocenters. The van der Waals surface area contributed by atoms with Crippen LogP contribution in [0.2, 0.25) is 0 Å². The van der Waals surface area contributed by atoms with Gasteiger partial charge in [-0.25, -0.2) is 4.90 Å². The van der Waals surface area contributed by atoms with Gasteiger partial charge in [0.05, 0.1) is 45.3 Å². The molecule has 2 fully saturated rings. The predicted molar refractivity (Wildman–Crippen MR) is 83.9 cm³/mol. The van der Waals surface area contributed by atoms with Crippen molar-refractivity contribution in [1.82, 2.24) is 0 Å². The second-order valence-electron chi connectivity index (χ2n) is 6.64. The fourth-order valence-electron chi connectivity index (χ4n) is 3.69. The Balaban J connectivity index is 1.73. The number of para-hydroxylation sites is 1. The highest BCUT2D eigenvalue weighted by Crippen LogP contribution is 2.21. The predicted octanol–water partition coefficient (Wildman–Crippen LogP) is -1.49. The summed E-state index contributed by atoms with van der Waals surface area (Å²) in [6.45, 7) is 2.30. The highest BCUT2D eigenvalue weighted by molar-refractivity contribution is 6.21. The van der Waals surface area contributed by atoms with Gasteiger partial charge in [-0.15, -0.1) is 0 Å². The first kappa shape index (κ1) is 15.2. The summed E-state index contributed by atoms with van der Waals surface area (Å²) in [5.41, 5.74) is 0.695. The van der Waals surface area contributed by atoms with Crippen LogP contribution in [0.25, 0.3) is 0 Å². The molecule has 2 aliphatic rings. The molecule has 0 saturated carbocycles. The van der Waals surface area contributed by atoms with Crippen LogP contribution in [0.15, 0.2) is 30.3 Å². The first-order valence-electron chi connectivity index (χ1n) is 8.14. The summed E-state index contributed by atoms with van der Waals surface area (Å²) >= 11 is 0. The van der Waals surface area contributed by atoms with Gasteiger partial charge in [0.15, 0.2) is 6.04 Å². The minimum atomic E-state index is -0.226. The number of carbonyl (C=O) groups excluding carboxylic acids is 2. The minimum Gasteiger partial charge on any atom is -0.337 e. The van der Waals surface area contributed by atoms with Gasteiger partial charge in [-0.3, -0.25) is 9.59 Å². The van der Waals surface area contributed by atoms with Crippen LogP contribution >= 0.6 is 0 Å². The Kier molecular flexibility index (Phi) is 4.27. The molecule has 118 valence electrons. The zero-order valence-corrected chi connectivity index (χ0v) is 13.3. The average Bonchev–Trinajstić information content (AvgIpc) is 2.83. The molecule has 5 nitrogen and oxygen atoms in total. The third kappa shape index (κ3) is 2.78. The van der Waals surface area contributed by atoms with Gasteiger partial charge in [0.1, 0.15) is 0 Å². The topological polar surface area (TPSA) is 46.3 Å². The molecule has 2 N–H and O–H groups in total. The van der Waals surface area contributed by atoms with Crippen molar-refractivity contribution in [2.75, 3.05) is 32.1 Å². The Labute approximate surface area is 131 Å². The van der Waals surface area contributed by atoms with Gasteiger partial charge in [-0.2, -0.15) is 0 Å². The minimum absolute atomic E-state index is 0.0417. The van der Waals surface area contributed by atoms with Crippen molar-refractivity contribution in [3.8, 4) is 0 Å². The molecule has 0 spiro atoms. The molecule has 1 aromatic rings. The van der Waals surface area contributed by atoms with Crippen molar-refractivity contribution in [2.45, 2.75) is 31.3 Å². The van der Waals surface area contributed by atoms with Crippen molar-refractivity contribution >= 4 is 17.5 Å². The van der Waals surface area contributed by atoms with Gasteiger partial charge < -0.3 is 9.80 Å². The third-order valence-corrected chi connectivity index (χ3v) is 5.19. The van der Waals surface area contributed by atoms with Gasteiger partial charge in [0.25, 0.3) is 5.91 Å². The number of imide groups is 1. The lowest BCUT2D eigenvalue weighted by Gasteiger charge is -2.33. The summed E-state index contributed by atoms with van der Waals surface area (Å²) < 4.78 is 0. The van der Waals surface area contributed by atoms with Crippen molar-refractivity contribution in [3.05, 3.63) is 30.3 Å². The number of hydrogen-bond acceptors (Lipinski definition) is 2. The third-order valence-electron chi connectivity index (χ3n) is 5.19. The molecule has 0 bridgehead atoms. The molecule has 1 aromatic carbocycles. The van der Waals surface area contributed by atoms with Crippen LogP contribution in [0.5, 0.6) is 0 Å². The summed E-state index contributed by atoms with van der Waals surface area (Å²) in [7, 11) is 4.29. The van der Waals surface area contributed by atoms with Crippen molar-refractivity contribution in [2.24, 2.45) is 0 Å². The Morgan fingerprint density at radius 2 is 1.77 bits per heavy atom. The van der Waals surface area contributed by atoms with E-state index in [1.165, 1.54) is 9.80 Å². The maximum atomic E-state index is 12.7. The first-order valence-corrected chi connectivity index (χ1v) is 8.14. The molecule has 0 aliphatic carbocycles. The van der Waals surface area contributed by atoms with Gasteiger partial charge in [-0.05, 0) is 12.1 Å². The quantitative estimate of drug-likeness (QED) is 0.669. The number of nitrogens with one attached hydrogen (secondary N) is 2. The van der Waals surface area contributed by atoms with Crippen LogP contribution in [0, 0.1) is 0 Å². The van der Waals surface area contributed by atoms with Crippen molar-refractivity contribution < 1.29 is 19.4 Å². The number of likely N-dealkylation sites (N-methyl/N-ethyl adjacent to an activating group) is 1. The van der Waals surface area contributed by atoms with E-state index in [2.05, 4.69) is 14.1 Å². The zero-order valence-electron chi connectivity index (χ0n) is 13.3. The molecular formula is C17H25N3O2+2. The van der Waals surface area contributed by atoms with Gasteiger partial charge >= 0.3 is 0 Å². The van der Waals surface area contributed by atoms with E-state index in [-0.39, 0.29) is 17.9 Å². The number of rotatable bonds is 3. The standard InChI is InChI=1S/C17H23N3O2/c1-18-10-8-13(9-11-18)19(2)15-12-16(21)20(17(15)22)14-6-4-3-5-7-14/h3-7,13,15H,8-12H2,1-2H3/p+2/t15-/m0/s1.